The van der Waals surface area contributed by atoms with Gasteiger partial charge in [0, 0.05) is 30.2 Å². The molecule has 2 fully saturated rings. The molecular formula is C22H28Cl2N4O3. The molecule has 2 heterocycles. The van der Waals surface area contributed by atoms with Crippen LogP contribution in [-0.2, 0) is 4.79 Å². The maximum atomic E-state index is 12.7. The van der Waals surface area contributed by atoms with Gasteiger partial charge in [-0.2, -0.15) is 0 Å². The molecule has 1 aromatic heterocycles. The van der Waals surface area contributed by atoms with Crippen molar-refractivity contribution in [2.75, 3.05) is 17.7 Å². The summed E-state index contributed by atoms with van der Waals surface area (Å²) in [6, 6.07) is 8.93. The highest BCUT2D eigenvalue weighted by Gasteiger charge is 2.38. The Bertz CT molecular complexity index is 884. The van der Waals surface area contributed by atoms with Crippen molar-refractivity contribution in [3.63, 3.8) is 0 Å². The van der Waals surface area contributed by atoms with Crippen molar-refractivity contribution in [3.8, 4) is 5.75 Å². The number of nitrogens with zero attached hydrogens (tertiary/aromatic N) is 1. The Kier molecular flexibility index (Phi) is 9.10. The minimum atomic E-state index is -0.272. The van der Waals surface area contributed by atoms with Crippen LogP contribution < -0.4 is 20.7 Å². The number of pyridine rings is 1. The van der Waals surface area contributed by atoms with E-state index in [4.69, 9.17) is 4.74 Å². The van der Waals surface area contributed by atoms with E-state index in [0.29, 0.717) is 34.6 Å². The summed E-state index contributed by atoms with van der Waals surface area (Å²) in [7, 11) is 1.53. The van der Waals surface area contributed by atoms with E-state index in [2.05, 4.69) is 20.9 Å². The topological polar surface area (TPSA) is 92.4 Å². The third-order valence-electron chi connectivity index (χ3n) is 5.82. The van der Waals surface area contributed by atoms with Crippen LogP contribution in [0.2, 0.25) is 0 Å². The Morgan fingerprint density at radius 1 is 1.13 bits per heavy atom. The quantitative estimate of drug-likeness (QED) is 0.617. The number of methoxy groups -OCH3 is 1. The smallest absolute Gasteiger partial charge is 0.257 e. The number of amides is 2. The van der Waals surface area contributed by atoms with Crippen molar-refractivity contribution < 1.29 is 14.3 Å². The van der Waals surface area contributed by atoms with E-state index in [-0.39, 0.29) is 42.7 Å². The van der Waals surface area contributed by atoms with Crippen molar-refractivity contribution in [2.24, 2.45) is 5.92 Å². The standard InChI is InChI=1S/C22H26N4O3.2ClH/c1-29-20-12-16(8-9-18(20)26-21(27)15-6-4-10-23-13-15)24-22(28)19-11-14-5-2-3-7-17(14)25-19;;/h4,6,8-10,12-14,17,19,25H,2-3,5,7,11H2,1H3,(H,24,28)(H,26,27);2*1H. The van der Waals surface area contributed by atoms with Crippen LogP contribution >= 0.6 is 24.8 Å². The van der Waals surface area contributed by atoms with E-state index in [0.717, 1.165) is 12.8 Å². The van der Waals surface area contributed by atoms with Gasteiger partial charge in [0.15, 0.2) is 0 Å². The molecule has 1 aromatic carbocycles. The van der Waals surface area contributed by atoms with Gasteiger partial charge in [-0.15, -0.1) is 24.8 Å². The van der Waals surface area contributed by atoms with Crippen LogP contribution in [0.3, 0.4) is 0 Å². The largest absolute Gasteiger partial charge is 0.494 e. The first kappa shape index (κ1) is 24.9. The summed E-state index contributed by atoms with van der Waals surface area (Å²) in [4.78, 5) is 29.0. The number of carbonyl (C=O) groups is 2. The number of fused-ring (bicyclic) bond motifs is 1. The van der Waals surface area contributed by atoms with E-state index < -0.39 is 0 Å². The molecule has 3 N–H and O–H groups in total. The summed E-state index contributed by atoms with van der Waals surface area (Å²) in [6.07, 6.45) is 8.89. The molecule has 1 aliphatic heterocycles. The number of nitrogens with one attached hydrogen (secondary N) is 3. The molecule has 2 aromatic rings. The molecule has 168 valence electrons. The maximum absolute atomic E-state index is 12.7. The highest BCUT2D eigenvalue weighted by atomic mass is 35.5. The summed E-state index contributed by atoms with van der Waals surface area (Å²) in [5.41, 5.74) is 1.63. The number of hydrogen-bond acceptors (Lipinski definition) is 5. The molecule has 2 amide bonds. The lowest BCUT2D eigenvalue weighted by Gasteiger charge is -2.24. The highest BCUT2D eigenvalue weighted by Crippen LogP contribution is 2.34. The SMILES string of the molecule is COc1cc(NC(=O)C2CC3CCCCC3N2)ccc1NC(=O)c1cccnc1.Cl.Cl. The monoisotopic (exact) mass is 466 g/mol. The first-order chi connectivity index (χ1) is 14.1. The molecule has 3 unspecified atom stereocenters. The van der Waals surface area contributed by atoms with Crippen molar-refractivity contribution in [1.82, 2.24) is 10.3 Å². The lowest BCUT2D eigenvalue weighted by atomic mass is 9.85. The van der Waals surface area contributed by atoms with E-state index in [1.165, 1.54) is 32.6 Å². The summed E-state index contributed by atoms with van der Waals surface area (Å²) >= 11 is 0. The predicted molar refractivity (Wildman–Crippen MR) is 126 cm³/mol. The number of hydrogen-bond donors (Lipinski definition) is 3. The molecule has 0 spiro atoms. The number of anilines is 2. The number of ether oxygens (including phenoxy) is 1. The molecular weight excluding hydrogens is 439 g/mol. The Morgan fingerprint density at radius 3 is 2.65 bits per heavy atom. The van der Waals surface area contributed by atoms with Crippen LogP contribution in [0.1, 0.15) is 42.5 Å². The minimum absolute atomic E-state index is 0. The number of rotatable bonds is 5. The molecule has 0 radical (unpaired) electrons. The zero-order chi connectivity index (χ0) is 20.2. The first-order valence-corrected chi connectivity index (χ1v) is 10.1. The number of benzene rings is 1. The van der Waals surface area contributed by atoms with Gasteiger partial charge in [0.1, 0.15) is 5.75 Å². The van der Waals surface area contributed by atoms with Crippen molar-refractivity contribution in [1.29, 1.82) is 0 Å². The Hall–Kier alpha value is -2.35. The molecule has 0 bridgehead atoms. The molecule has 1 saturated heterocycles. The third-order valence-corrected chi connectivity index (χ3v) is 5.82. The average Bonchev–Trinajstić information content (AvgIpc) is 3.20. The van der Waals surface area contributed by atoms with Gasteiger partial charge in [0.05, 0.1) is 24.4 Å². The van der Waals surface area contributed by atoms with Crippen LogP contribution in [0.15, 0.2) is 42.7 Å². The van der Waals surface area contributed by atoms with Crippen molar-refractivity contribution in [2.45, 2.75) is 44.2 Å². The molecule has 7 nitrogen and oxygen atoms in total. The maximum Gasteiger partial charge on any atom is 0.257 e. The lowest BCUT2D eigenvalue weighted by molar-refractivity contribution is -0.117. The number of aromatic nitrogens is 1. The second kappa shape index (κ2) is 11.3. The van der Waals surface area contributed by atoms with Crippen LogP contribution in [-0.4, -0.2) is 36.0 Å². The van der Waals surface area contributed by atoms with Gasteiger partial charge in [0.2, 0.25) is 5.91 Å². The molecule has 3 atom stereocenters. The van der Waals surface area contributed by atoms with Crippen LogP contribution in [0.5, 0.6) is 5.75 Å². The van der Waals surface area contributed by atoms with E-state index >= 15 is 0 Å². The highest BCUT2D eigenvalue weighted by molar-refractivity contribution is 6.05. The van der Waals surface area contributed by atoms with Gasteiger partial charge in [-0.25, -0.2) is 0 Å². The van der Waals surface area contributed by atoms with Gasteiger partial charge in [-0.05, 0) is 49.4 Å². The van der Waals surface area contributed by atoms with Gasteiger partial charge >= 0.3 is 0 Å². The third kappa shape index (κ3) is 5.87. The van der Waals surface area contributed by atoms with E-state index in [9.17, 15) is 9.59 Å². The molecule has 2 aliphatic rings. The molecule has 31 heavy (non-hydrogen) atoms. The molecule has 9 heteroatoms. The number of carbonyl (C=O) groups excluding carboxylic acids is 2. The summed E-state index contributed by atoms with van der Waals surface area (Å²) in [6.45, 7) is 0. The fraction of sp³-hybridized carbons (Fsp3) is 0.409. The molecule has 4 rings (SSSR count). The second-order valence-electron chi connectivity index (χ2n) is 7.71. The van der Waals surface area contributed by atoms with Crippen LogP contribution in [0, 0.1) is 5.92 Å². The predicted octanol–water partition coefficient (Wildman–Crippen LogP) is 4.05. The zero-order valence-corrected chi connectivity index (χ0v) is 18.9. The second-order valence-corrected chi connectivity index (χ2v) is 7.71. The fourth-order valence-electron chi connectivity index (χ4n) is 4.31. The Labute approximate surface area is 194 Å². The minimum Gasteiger partial charge on any atom is -0.494 e. The lowest BCUT2D eigenvalue weighted by Crippen LogP contribution is -2.39. The van der Waals surface area contributed by atoms with Crippen LogP contribution in [0.25, 0.3) is 0 Å². The van der Waals surface area contributed by atoms with Gasteiger partial charge in [0.25, 0.3) is 5.91 Å². The van der Waals surface area contributed by atoms with Gasteiger partial charge in [-0.1, -0.05) is 12.8 Å². The molecule has 1 saturated carbocycles. The van der Waals surface area contributed by atoms with E-state index in [1.807, 2.05) is 0 Å². The summed E-state index contributed by atoms with van der Waals surface area (Å²) < 4.78 is 5.41. The van der Waals surface area contributed by atoms with Crippen molar-refractivity contribution in [3.05, 3.63) is 48.3 Å². The number of halogens is 2. The summed E-state index contributed by atoms with van der Waals surface area (Å²) in [5, 5.41) is 9.29. The van der Waals surface area contributed by atoms with Gasteiger partial charge < -0.3 is 20.7 Å². The first-order valence-electron chi connectivity index (χ1n) is 10.1. The van der Waals surface area contributed by atoms with Gasteiger partial charge in [-0.3, -0.25) is 14.6 Å². The Morgan fingerprint density at radius 2 is 1.94 bits per heavy atom. The molecule has 1 aliphatic carbocycles. The van der Waals surface area contributed by atoms with Crippen molar-refractivity contribution >= 4 is 48.0 Å². The van der Waals surface area contributed by atoms with E-state index in [1.54, 1.807) is 36.5 Å². The zero-order valence-electron chi connectivity index (χ0n) is 17.3. The average molecular weight is 467 g/mol. The normalized spacial score (nSPS) is 21.6. The van der Waals surface area contributed by atoms with Crippen LogP contribution in [0.4, 0.5) is 11.4 Å². The fourth-order valence-corrected chi connectivity index (χ4v) is 4.31. The summed E-state index contributed by atoms with van der Waals surface area (Å²) in [5.74, 6) is 0.798. The Balaban J connectivity index is 0.00000171.